The standard InChI is InChI=1S/C28H22ClN6O3P/c29-26-17-16-21(19-31-26)20-35-27(25(18-30)33-34-35)32-28(22-10-4-1-5-11-22)39(36,37-23-12-6-2-7-13-23)38-24-14-8-3-9-15-24/h1-17,19,28,32H,20H2. The summed E-state index contributed by atoms with van der Waals surface area (Å²) in [6.45, 7) is 0.228. The molecule has 3 aromatic carbocycles. The average Bonchev–Trinajstić information content (AvgIpc) is 3.35. The first-order chi connectivity index (χ1) is 19.0. The van der Waals surface area contributed by atoms with E-state index in [1.54, 1.807) is 79.0 Å². The topological polar surface area (TPSA) is 115 Å². The van der Waals surface area contributed by atoms with Crippen molar-refractivity contribution in [1.82, 2.24) is 20.0 Å². The number of benzene rings is 3. The summed E-state index contributed by atoms with van der Waals surface area (Å²) >= 11 is 5.93. The Balaban J connectivity index is 1.59. The van der Waals surface area contributed by atoms with Crippen LogP contribution in [0.3, 0.4) is 0 Å². The number of nitrogens with one attached hydrogen (secondary N) is 1. The summed E-state index contributed by atoms with van der Waals surface area (Å²) in [5, 5.41) is 21.6. The SMILES string of the molecule is N#Cc1nnn(Cc2ccc(Cl)nc2)c1NC(c1ccccc1)P(=O)(Oc1ccccc1)Oc1ccccc1. The smallest absolute Gasteiger partial charge is 0.414 e. The third-order valence-electron chi connectivity index (χ3n) is 5.62. The van der Waals surface area contributed by atoms with E-state index in [-0.39, 0.29) is 18.1 Å². The molecule has 5 rings (SSSR count). The Morgan fingerprint density at radius 1 is 0.897 bits per heavy atom. The molecule has 9 nitrogen and oxygen atoms in total. The van der Waals surface area contributed by atoms with E-state index in [0.29, 0.717) is 22.2 Å². The molecule has 0 fully saturated rings. The van der Waals surface area contributed by atoms with E-state index in [4.69, 9.17) is 20.6 Å². The maximum Gasteiger partial charge on any atom is 0.457 e. The molecule has 39 heavy (non-hydrogen) atoms. The Morgan fingerprint density at radius 2 is 1.49 bits per heavy atom. The van der Waals surface area contributed by atoms with Crippen molar-refractivity contribution in [1.29, 1.82) is 5.26 Å². The van der Waals surface area contributed by atoms with Crippen LogP contribution in [-0.2, 0) is 11.1 Å². The largest absolute Gasteiger partial charge is 0.457 e. The van der Waals surface area contributed by atoms with Crippen molar-refractivity contribution >= 4 is 25.0 Å². The molecule has 1 unspecified atom stereocenters. The minimum atomic E-state index is -4.09. The molecule has 11 heteroatoms. The fourth-order valence-corrected chi connectivity index (χ4v) is 5.81. The van der Waals surface area contributed by atoms with Crippen molar-refractivity contribution < 1.29 is 13.6 Å². The molecule has 0 spiro atoms. The highest BCUT2D eigenvalue weighted by Crippen LogP contribution is 2.60. The van der Waals surface area contributed by atoms with Crippen LogP contribution in [0.5, 0.6) is 11.5 Å². The summed E-state index contributed by atoms with van der Waals surface area (Å²) in [6, 6.07) is 32.2. The van der Waals surface area contributed by atoms with E-state index in [2.05, 4.69) is 26.7 Å². The summed E-state index contributed by atoms with van der Waals surface area (Å²) in [5.41, 5.74) is 1.40. The van der Waals surface area contributed by atoms with Gasteiger partial charge >= 0.3 is 7.60 Å². The molecule has 1 atom stereocenters. The van der Waals surface area contributed by atoms with Gasteiger partial charge in [-0.15, -0.1) is 5.10 Å². The first kappa shape index (κ1) is 26.0. The second-order valence-electron chi connectivity index (χ2n) is 8.35. The average molecular weight is 557 g/mol. The summed E-state index contributed by atoms with van der Waals surface area (Å²) in [6.07, 6.45) is 1.61. The van der Waals surface area contributed by atoms with Crippen LogP contribution in [0.4, 0.5) is 5.82 Å². The number of para-hydroxylation sites is 2. The molecule has 2 aromatic heterocycles. The quantitative estimate of drug-likeness (QED) is 0.149. The van der Waals surface area contributed by atoms with Gasteiger partial charge in [-0.3, -0.25) is 0 Å². The molecule has 1 N–H and O–H groups in total. The minimum Gasteiger partial charge on any atom is -0.414 e. The maximum atomic E-state index is 14.8. The molecule has 0 bridgehead atoms. The number of nitrogens with zero attached hydrogens (tertiary/aromatic N) is 5. The van der Waals surface area contributed by atoms with Gasteiger partial charge < -0.3 is 14.4 Å². The van der Waals surface area contributed by atoms with E-state index < -0.39 is 13.4 Å². The zero-order valence-corrected chi connectivity index (χ0v) is 22.1. The Labute approximate surface area is 230 Å². The molecular formula is C28H22ClN6O3P. The van der Waals surface area contributed by atoms with E-state index in [1.807, 2.05) is 30.3 Å². The third-order valence-corrected chi connectivity index (χ3v) is 7.83. The van der Waals surface area contributed by atoms with Gasteiger partial charge in [0.15, 0.2) is 11.6 Å². The van der Waals surface area contributed by atoms with Crippen molar-refractivity contribution in [3.63, 3.8) is 0 Å². The first-order valence-corrected chi connectivity index (χ1v) is 13.9. The number of pyridine rings is 1. The molecule has 5 aromatic rings. The highest BCUT2D eigenvalue weighted by atomic mass is 35.5. The Bertz CT molecular complexity index is 1570. The highest BCUT2D eigenvalue weighted by molar-refractivity contribution is 7.55. The van der Waals surface area contributed by atoms with Gasteiger partial charge in [0.1, 0.15) is 22.7 Å². The monoisotopic (exact) mass is 556 g/mol. The van der Waals surface area contributed by atoms with Gasteiger partial charge in [-0.05, 0) is 41.5 Å². The summed E-state index contributed by atoms with van der Waals surface area (Å²) in [7, 11) is -4.09. The number of halogens is 1. The van der Waals surface area contributed by atoms with Gasteiger partial charge in [0, 0.05) is 6.20 Å². The molecule has 0 aliphatic heterocycles. The van der Waals surface area contributed by atoms with Crippen LogP contribution in [-0.4, -0.2) is 20.0 Å². The number of nitriles is 1. The molecule has 0 saturated carbocycles. The molecule has 0 saturated heterocycles. The van der Waals surface area contributed by atoms with Crippen LogP contribution < -0.4 is 14.4 Å². The molecular weight excluding hydrogens is 535 g/mol. The lowest BCUT2D eigenvalue weighted by Crippen LogP contribution is -2.21. The van der Waals surface area contributed by atoms with Gasteiger partial charge in [0.2, 0.25) is 5.69 Å². The van der Waals surface area contributed by atoms with Gasteiger partial charge in [-0.25, -0.2) is 14.2 Å². The van der Waals surface area contributed by atoms with Crippen LogP contribution in [0.15, 0.2) is 109 Å². The Hall–Kier alpha value is -4.64. The van der Waals surface area contributed by atoms with Gasteiger partial charge in [-0.2, -0.15) is 5.26 Å². The fourth-order valence-electron chi connectivity index (χ4n) is 3.81. The number of hydrogen-bond donors (Lipinski definition) is 1. The zero-order chi connectivity index (χ0) is 27.1. The van der Waals surface area contributed by atoms with Crippen LogP contribution in [0, 0.1) is 11.3 Å². The van der Waals surface area contributed by atoms with E-state index in [1.165, 1.54) is 4.68 Å². The predicted octanol–water partition coefficient (Wildman–Crippen LogP) is 6.71. The summed E-state index contributed by atoms with van der Waals surface area (Å²) in [4.78, 5) is 4.11. The first-order valence-electron chi connectivity index (χ1n) is 11.9. The summed E-state index contributed by atoms with van der Waals surface area (Å²) in [5.74, 6) is -0.0839. The molecule has 2 heterocycles. The second kappa shape index (κ2) is 11.8. The maximum absolute atomic E-state index is 14.8. The predicted molar refractivity (Wildman–Crippen MR) is 148 cm³/mol. The number of rotatable bonds is 10. The number of anilines is 1. The molecule has 0 aliphatic rings. The Morgan fingerprint density at radius 3 is 2.03 bits per heavy atom. The lowest BCUT2D eigenvalue weighted by Gasteiger charge is -2.29. The third kappa shape index (κ3) is 6.27. The van der Waals surface area contributed by atoms with Crippen molar-refractivity contribution in [2.75, 3.05) is 5.32 Å². The van der Waals surface area contributed by atoms with Crippen molar-refractivity contribution in [3.05, 3.63) is 131 Å². The molecule has 0 radical (unpaired) electrons. The second-order valence-corrected chi connectivity index (χ2v) is 10.7. The lowest BCUT2D eigenvalue weighted by atomic mass is 10.2. The van der Waals surface area contributed by atoms with Crippen molar-refractivity contribution in [2.24, 2.45) is 0 Å². The highest BCUT2D eigenvalue weighted by Gasteiger charge is 2.42. The summed E-state index contributed by atoms with van der Waals surface area (Å²) < 4.78 is 28.6. The Kier molecular flexibility index (Phi) is 7.88. The van der Waals surface area contributed by atoms with Crippen LogP contribution in [0.25, 0.3) is 0 Å². The van der Waals surface area contributed by atoms with Gasteiger partial charge in [0.05, 0.1) is 6.54 Å². The molecule has 0 amide bonds. The van der Waals surface area contributed by atoms with Crippen molar-refractivity contribution in [2.45, 2.75) is 12.3 Å². The van der Waals surface area contributed by atoms with Gasteiger partial charge in [-0.1, -0.05) is 89.6 Å². The van der Waals surface area contributed by atoms with Crippen molar-refractivity contribution in [3.8, 4) is 17.6 Å². The fraction of sp³-hybridized carbons (Fsp3) is 0.0714. The zero-order valence-electron chi connectivity index (χ0n) is 20.5. The molecule has 0 aliphatic carbocycles. The van der Waals surface area contributed by atoms with E-state index in [0.717, 1.165) is 5.56 Å². The number of aromatic nitrogens is 4. The van der Waals surface area contributed by atoms with Crippen LogP contribution >= 0.6 is 19.2 Å². The molecule has 194 valence electrons. The minimum absolute atomic E-state index is 0.0174. The van der Waals surface area contributed by atoms with Crippen LogP contribution in [0.1, 0.15) is 22.6 Å². The van der Waals surface area contributed by atoms with E-state index in [9.17, 15) is 9.83 Å². The van der Waals surface area contributed by atoms with Crippen LogP contribution in [0.2, 0.25) is 5.15 Å². The van der Waals surface area contributed by atoms with Gasteiger partial charge in [0.25, 0.3) is 0 Å². The number of hydrogen-bond acceptors (Lipinski definition) is 8. The normalized spacial score (nSPS) is 11.8. The van der Waals surface area contributed by atoms with E-state index >= 15 is 0 Å². The lowest BCUT2D eigenvalue weighted by molar-refractivity contribution is 0.376.